The molecule has 1 atom stereocenters. The Morgan fingerprint density at radius 1 is 1.17 bits per heavy atom. The molecular formula is C19H17ClN2OS. The zero-order chi connectivity index (χ0) is 16.9. The van der Waals surface area contributed by atoms with E-state index in [0.29, 0.717) is 10.2 Å². The third kappa shape index (κ3) is 3.83. The Morgan fingerprint density at radius 3 is 2.54 bits per heavy atom. The highest BCUT2D eigenvalue weighted by molar-refractivity contribution is 7.14. The SMILES string of the molecule is CCC(C(=O)Nc1nc(-c2ccc(Cl)cc2)cs1)c1ccccc1. The maximum atomic E-state index is 12.6. The van der Waals surface area contributed by atoms with Crippen LogP contribution in [0.25, 0.3) is 11.3 Å². The Hall–Kier alpha value is -2.17. The van der Waals surface area contributed by atoms with Crippen LogP contribution < -0.4 is 5.32 Å². The molecule has 0 saturated heterocycles. The molecule has 0 spiro atoms. The molecule has 3 nitrogen and oxygen atoms in total. The van der Waals surface area contributed by atoms with Gasteiger partial charge in [0.2, 0.25) is 5.91 Å². The van der Waals surface area contributed by atoms with E-state index in [1.807, 2.05) is 66.9 Å². The second-order valence-corrected chi connectivity index (χ2v) is 6.70. The van der Waals surface area contributed by atoms with Gasteiger partial charge in [0.25, 0.3) is 0 Å². The highest BCUT2D eigenvalue weighted by Gasteiger charge is 2.19. The smallest absolute Gasteiger partial charge is 0.233 e. The summed E-state index contributed by atoms with van der Waals surface area (Å²) >= 11 is 7.33. The number of benzene rings is 2. The van der Waals surface area contributed by atoms with Gasteiger partial charge in [-0.05, 0) is 24.1 Å². The van der Waals surface area contributed by atoms with Crippen LogP contribution in [0.4, 0.5) is 5.13 Å². The molecule has 1 aromatic heterocycles. The summed E-state index contributed by atoms with van der Waals surface area (Å²) in [5, 5.41) is 6.17. The lowest BCUT2D eigenvalue weighted by atomic mass is 9.96. The minimum Gasteiger partial charge on any atom is -0.301 e. The standard InChI is InChI=1S/C19H17ClN2OS/c1-2-16(13-6-4-3-5-7-13)18(23)22-19-21-17(12-24-19)14-8-10-15(20)11-9-14/h3-12,16H,2H2,1H3,(H,21,22,23). The number of nitrogens with one attached hydrogen (secondary N) is 1. The molecule has 3 rings (SSSR count). The number of hydrogen-bond acceptors (Lipinski definition) is 3. The molecule has 0 aliphatic heterocycles. The van der Waals surface area contributed by atoms with E-state index in [0.717, 1.165) is 23.2 Å². The summed E-state index contributed by atoms with van der Waals surface area (Å²) < 4.78 is 0. The van der Waals surface area contributed by atoms with Crippen molar-refractivity contribution in [1.29, 1.82) is 0 Å². The van der Waals surface area contributed by atoms with Crippen LogP contribution >= 0.6 is 22.9 Å². The number of amides is 1. The number of anilines is 1. The lowest BCUT2D eigenvalue weighted by Crippen LogP contribution is -2.20. The topological polar surface area (TPSA) is 42.0 Å². The summed E-state index contributed by atoms with van der Waals surface area (Å²) in [4.78, 5) is 17.1. The van der Waals surface area contributed by atoms with Crippen molar-refractivity contribution in [3.8, 4) is 11.3 Å². The first-order chi connectivity index (χ1) is 11.7. The van der Waals surface area contributed by atoms with E-state index in [-0.39, 0.29) is 11.8 Å². The van der Waals surface area contributed by atoms with Crippen LogP contribution in [-0.2, 0) is 4.79 Å². The number of aromatic nitrogens is 1. The normalized spacial score (nSPS) is 11.9. The maximum absolute atomic E-state index is 12.6. The zero-order valence-electron chi connectivity index (χ0n) is 13.2. The van der Waals surface area contributed by atoms with Gasteiger partial charge >= 0.3 is 0 Å². The molecule has 1 amide bonds. The van der Waals surface area contributed by atoms with Crippen molar-refractivity contribution < 1.29 is 4.79 Å². The van der Waals surface area contributed by atoms with Gasteiger partial charge in [-0.15, -0.1) is 11.3 Å². The predicted molar refractivity (Wildman–Crippen MR) is 101 cm³/mol. The van der Waals surface area contributed by atoms with Crippen LogP contribution in [-0.4, -0.2) is 10.9 Å². The molecule has 2 aromatic carbocycles. The summed E-state index contributed by atoms with van der Waals surface area (Å²) in [5.74, 6) is -0.199. The van der Waals surface area contributed by atoms with E-state index in [1.165, 1.54) is 11.3 Å². The quantitative estimate of drug-likeness (QED) is 0.646. The van der Waals surface area contributed by atoms with E-state index in [2.05, 4.69) is 10.3 Å². The minimum absolute atomic E-state index is 0.0271. The van der Waals surface area contributed by atoms with Gasteiger partial charge in [0.15, 0.2) is 5.13 Å². The van der Waals surface area contributed by atoms with Crippen molar-refractivity contribution in [2.24, 2.45) is 0 Å². The molecule has 5 heteroatoms. The lowest BCUT2D eigenvalue weighted by molar-refractivity contribution is -0.117. The first kappa shape index (κ1) is 16.7. The molecule has 0 aliphatic rings. The van der Waals surface area contributed by atoms with E-state index < -0.39 is 0 Å². The van der Waals surface area contributed by atoms with Gasteiger partial charge in [0, 0.05) is 16.0 Å². The molecular weight excluding hydrogens is 340 g/mol. The first-order valence-corrected chi connectivity index (χ1v) is 9.00. The summed E-state index contributed by atoms with van der Waals surface area (Å²) in [5.41, 5.74) is 2.83. The van der Waals surface area contributed by atoms with Gasteiger partial charge < -0.3 is 5.32 Å². The average Bonchev–Trinajstić information content (AvgIpc) is 3.05. The van der Waals surface area contributed by atoms with E-state index >= 15 is 0 Å². The van der Waals surface area contributed by atoms with Gasteiger partial charge in [0.05, 0.1) is 11.6 Å². The third-order valence-corrected chi connectivity index (χ3v) is 4.81. The van der Waals surface area contributed by atoms with Crippen molar-refractivity contribution in [2.45, 2.75) is 19.3 Å². The van der Waals surface area contributed by atoms with Gasteiger partial charge in [-0.1, -0.05) is 61.0 Å². The monoisotopic (exact) mass is 356 g/mol. The average molecular weight is 357 g/mol. The Bertz CT molecular complexity index is 815. The second kappa shape index (κ2) is 7.60. The maximum Gasteiger partial charge on any atom is 0.233 e. The van der Waals surface area contributed by atoms with Crippen molar-refractivity contribution >= 4 is 34.0 Å². The van der Waals surface area contributed by atoms with Crippen molar-refractivity contribution in [3.63, 3.8) is 0 Å². The fourth-order valence-corrected chi connectivity index (χ4v) is 3.38. The Balaban J connectivity index is 1.74. The number of nitrogens with zero attached hydrogens (tertiary/aromatic N) is 1. The minimum atomic E-state index is -0.172. The molecule has 1 N–H and O–H groups in total. The molecule has 3 aromatic rings. The van der Waals surface area contributed by atoms with Crippen LogP contribution in [0.3, 0.4) is 0 Å². The highest BCUT2D eigenvalue weighted by atomic mass is 35.5. The van der Waals surface area contributed by atoms with Crippen molar-refractivity contribution in [1.82, 2.24) is 4.98 Å². The zero-order valence-corrected chi connectivity index (χ0v) is 14.8. The molecule has 0 fully saturated rings. The molecule has 122 valence electrons. The van der Waals surface area contributed by atoms with Gasteiger partial charge in [-0.3, -0.25) is 4.79 Å². The highest BCUT2D eigenvalue weighted by Crippen LogP contribution is 2.27. The number of hydrogen-bond donors (Lipinski definition) is 1. The Morgan fingerprint density at radius 2 is 1.88 bits per heavy atom. The Kier molecular flexibility index (Phi) is 5.28. The number of rotatable bonds is 5. The molecule has 0 aliphatic carbocycles. The Labute approximate surface area is 150 Å². The van der Waals surface area contributed by atoms with Gasteiger partial charge in [-0.25, -0.2) is 4.98 Å². The van der Waals surface area contributed by atoms with Crippen molar-refractivity contribution in [2.75, 3.05) is 5.32 Å². The summed E-state index contributed by atoms with van der Waals surface area (Å²) in [7, 11) is 0. The fraction of sp³-hybridized carbons (Fsp3) is 0.158. The number of carbonyl (C=O) groups is 1. The van der Waals surface area contributed by atoms with Gasteiger partial charge in [-0.2, -0.15) is 0 Å². The molecule has 0 saturated carbocycles. The summed E-state index contributed by atoms with van der Waals surface area (Å²) in [6.07, 6.45) is 0.741. The summed E-state index contributed by atoms with van der Waals surface area (Å²) in [6.45, 7) is 2.01. The van der Waals surface area contributed by atoms with Crippen LogP contribution in [0.5, 0.6) is 0 Å². The number of thiazole rings is 1. The number of halogens is 1. The summed E-state index contributed by atoms with van der Waals surface area (Å²) in [6, 6.07) is 17.3. The second-order valence-electron chi connectivity index (χ2n) is 5.41. The molecule has 1 unspecified atom stereocenters. The lowest BCUT2D eigenvalue weighted by Gasteiger charge is -2.14. The number of carbonyl (C=O) groups excluding carboxylic acids is 1. The van der Waals surface area contributed by atoms with Crippen LogP contribution in [0.1, 0.15) is 24.8 Å². The third-order valence-electron chi connectivity index (χ3n) is 3.80. The molecule has 0 bridgehead atoms. The first-order valence-electron chi connectivity index (χ1n) is 7.74. The van der Waals surface area contributed by atoms with E-state index in [1.54, 1.807) is 0 Å². The molecule has 24 heavy (non-hydrogen) atoms. The molecule has 0 radical (unpaired) electrons. The largest absolute Gasteiger partial charge is 0.301 e. The van der Waals surface area contributed by atoms with Crippen LogP contribution in [0.15, 0.2) is 60.0 Å². The van der Waals surface area contributed by atoms with Crippen LogP contribution in [0.2, 0.25) is 5.02 Å². The van der Waals surface area contributed by atoms with E-state index in [4.69, 9.17) is 11.6 Å². The van der Waals surface area contributed by atoms with Crippen molar-refractivity contribution in [3.05, 3.63) is 70.6 Å². The van der Waals surface area contributed by atoms with Crippen LogP contribution in [0, 0.1) is 0 Å². The van der Waals surface area contributed by atoms with E-state index in [9.17, 15) is 4.79 Å². The molecule has 1 heterocycles. The van der Waals surface area contributed by atoms with Gasteiger partial charge in [0.1, 0.15) is 0 Å². The fourth-order valence-electron chi connectivity index (χ4n) is 2.53. The predicted octanol–water partition coefficient (Wildman–Crippen LogP) is 5.60.